The first-order chi connectivity index (χ1) is 8.81. The molecule has 18 heavy (non-hydrogen) atoms. The molecule has 2 nitrogen and oxygen atoms in total. The number of ether oxygens (including phenoxy) is 2. The summed E-state index contributed by atoms with van der Waals surface area (Å²) >= 11 is 0. The van der Waals surface area contributed by atoms with Crippen LogP contribution in [0.5, 0.6) is 11.5 Å². The van der Waals surface area contributed by atoms with Gasteiger partial charge in [0.15, 0.2) is 0 Å². The zero-order valence-electron chi connectivity index (χ0n) is 9.55. The van der Waals surface area contributed by atoms with E-state index in [9.17, 15) is 4.39 Å². The van der Waals surface area contributed by atoms with Gasteiger partial charge in [0, 0.05) is 5.56 Å². The van der Waals surface area contributed by atoms with Crippen molar-refractivity contribution in [2.75, 3.05) is 0 Å². The Kier molecular flexibility index (Phi) is 2.73. The van der Waals surface area contributed by atoms with Crippen LogP contribution in [-0.2, 0) is 0 Å². The summed E-state index contributed by atoms with van der Waals surface area (Å²) in [5.41, 5.74) is 1.02. The van der Waals surface area contributed by atoms with Gasteiger partial charge in [-0.3, -0.25) is 0 Å². The smallest absolute Gasteiger partial charge is 0.260 e. The van der Waals surface area contributed by atoms with Crippen LogP contribution in [0.2, 0.25) is 0 Å². The molecule has 1 atom stereocenters. The molecular weight excluding hydrogens is 231 g/mol. The van der Waals surface area contributed by atoms with Crippen LogP contribution in [0.4, 0.5) is 4.39 Å². The van der Waals surface area contributed by atoms with E-state index in [-0.39, 0.29) is 5.82 Å². The van der Waals surface area contributed by atoms with Gasteiger partial charge in [0.25, 0.3) is 6.29 Å². The zero-order chi connectivity index (χ0) is 12.4. The van der Waals surface area contributed by atoms with Crippen molar-refractivity contribution in [2.24, 2.45) is 0 Å². The van der Waals surface area contributed by atoms with Gasteiger partial charge in [0.1, 0.15) is 17.3 Å². The summed E-state index contributed by atoms with van der Waals surface area (Å²) < 4.78 is 24.0. The maximum absolute atomic E-state index is 12.8. The molecule has 1 aliphatic heterocycles. The van der Waals surface area contributed by atoms with Gasteiger partial charge in [-0.05, 0) is 42.5 Å². The van der Waals surface area contributed by atoms with Crippen LogP contribution < -0.4 is 9.47 Å². The van der Waals surface area contributed by atoms with Gasteiger partial charge in [-0.2, -0.15) is 0 Å². The fourth-order valence-corrected chi connectivity index (χ4v) is 1.78. The van der Waals surface area contributed by atoms with Gasteiger partial charge in [-0.25, -0.2) is 4.39 Å². The maximum Gasteiger partial charge on any atom is 0.260 e. The molecule has 1 unspecified atom stereocenters. The standard InChI is InChI=1S/C15H11FO2/c16-12-6-8-13(9-7-12)17-15-10-5-11-3-1-2-4-14(11)18-15/h1-10,15H. The molecule has 2 aromatic carbocycles. The minimum absolute atomic E-state index is 0.284. The molecule has 0 saturated carbocycles. The fraction of sp³-hybridized carbons (Fsp3) is 0.0667. The van der Waals surface area contributed by atoms with Crippen molar-refractivity contribution in [3.63, 3.8) is 0 Å². The van der Waals surface area contributed by atoms with Crippen LogP contribution in [0, 0.1) is 5.82 Å². The van der Waals surface area contributed by atoms with Gasteiger partial charge >= 0.3 is 0 Å². The molecule has 0 amide bonds. The van der Waals surface area contributed by atoms with E-state index in [1.54, 1.807) is 12.1 Å². The van der Waals surface area contributed by atoms with Gasteiger partial charge in [0.2, 0.25) is 0 Å². The lowest BCUT2D eigenvalue weighted by Crippen LogP contribution is -2.23. The maximum atomic E-state index is 12.8. The highest BCUT2D eigenvalue weighted by atomic mass is 19.1. The summed E-state index contributed by atoms with van der Waals surface area (Å²) in [6.07, 6.45) is 3.30. The Morgan fingerprint density at radius 3 is 2.61 bits per heavy atom. The number of halogens is 1. The van der Waals surface area contributed by atoms with Gasteiger partial charge in [-0.1, -0.05) is 18.2 Å². The summed E-state index contributed by atoms with van der Waals surface area (Å²) in [5, 5.41) is 0. The molecular formula is C15H11FO2. The highest BCUT2D eigenvalue weighted by Gasteiger charge is 2.15. The van der Waals surface area contributed by atoms with Gasteiger partial charge in [-0.15, -0.1) is 0 Å². The van der Waals surface area contributed by atoms with Crippen molar-refractivity contribution in [1.29, 1.82) is 0 Å². The Balaban J connectivity index is 1.75. The fourth-order valence-electron chi connectivity index (χ4n) is 1.78. The molecule has 90 valence electrons. The predicted molar refractivity (Wildman–Crippen MR) is 66.9 cm³/mol. The first-order valence-electron chi connectivity index (χ1n) is 5.67. The first-order valence-corrected chi connectivity index (χ1v) is 5.67. The van der Waals surface area contributed by atoms with E-state index in [1.807, 2.05) is 36.4 Å². The highest BCUT2D eigenvalue weighted by Crippen LogP contribution is 2.26. The van der Waals surface area contributed by atoms with E-state index < -0.39 is 6.29 Å². The van der Waals surface area contributed by atoms with E-state index >= 15 is 0 Å². The zero-order valence-corrected chi connectivity index (χ0v) is 9.55. The Morgan fingerprint density at radius 2 is 1.78 bits per heavy atom. The lowest BCUT2D eigenvalue weighted by Gasteiger charge is -2.22. The third kappa shape index (κ3) is 2.20. The Bertz CT molecular complexity index is 575. The Labute approximate surface area is 104 Å². The molecule has 0 bridgehead atoms. The van der Waals surface area contributed by atoms with Gasteiger partial charge < -0.3 is 9.47 Å². The number of benzene rings is 2. The second-order valence-corrected chi connectivity index (χ2v) is 3.95. The van der Waals surface area contributed by atoms with E-state index in [4.69, 9.17) is 9.47 Å². The van der Waals surface area contributed by atoms with E-state index in [0.717, 1.165) is 11.3 Å². The second-order valence-electron chi connectivity index (χ2n) is 3.95. The summed E-state index contributed by atoms with van der Waals surface area (Å²) in [7, 11) is 0. The molecule has 0 saturated heterocycles. The molecule has 3 rings (SSSR count). The number of hydrogen-bond acceptors (Lipinski definition) is 2. The molecule has 2 aromatic rings. The second kappa shape index (κ2) is 4.53. The number of rotatable bonds is 2. The molecule has 0 fully saturated rings. The average Bonchev–Trinajstić information content (AvgIpc) is 2.41. The van der Waals surface area contributed by atoms with Crippen LogP contribution in [0.3, 0.4) is 0 Å². The van der Waals surface area contributed by atoms with Crippen molar-refractivity contribution in [1.82, 2.24) is 0 Å². The number of hydrogen-bond donors (Lipinski definition) is 0. The summed E-state index contributed by atoms with van der Waals surface area (Å²) in [6, 6.07) is 13.6. The number of para-hydroxylation sites is 1. The van der Waals surface area contributed by atoms with E-state index in [2.05, 4.69) is 0 Å². The van der Waals surface area contributed by atoms with Crippen LogP contribution >= 0.6 is 0 Å². The molecule has 0 aliphatic carbocycles. The molecule has 3 heteroatoms. The lowest BCUT2D eigenvalue weighted by molar-refractivity contribution is 0.0454. The van der Waals surface area contributed by atoms with Crippen molar-refractivity contribution >= 4 is 6.08 Å². The van der Waals surface area contributed by atoms with Gasteiger partial charge in [0.05, 0.1) is 0 Å². The third-order valence-electron chi connectivity index (χ3n) is 2.66. The normalized spacial score (nSPS) is 16.8. The Morgan fingerprint density at radius 1 is 1.00 bits per heavy atom. The van der Waals surface area contributed by atoms with Crippen LogP contribution in [0.15, 0.2) is 54.6 Å². The predicted octanol–water partition coefficient (Wildman–Crippen LogP) is 3.64. The minimum Gasteiger partial charge on any atom is -0.451 e. The molecule has 1 aliphatic rings. The summed E-state index contributed by atoms with van der Waals surface area (Å²) in [6.45, 7) is 0. The molecule has 0 spiro atoms. The molecule has 1 heterocycles. The van der Waals surface area contributed by atoms with Crippen LogP contribution in [0.25, 0.3) is 6.08 Å². The Hall–Kier alpha value is -2.29. The topological polar surface area (TPSA) is 18.5 Å². The quantitative estimate of drug-likeness (QED) is 0.800. The van der Waals surface area contributed by atoms with Crippen molar-refractivity contribution in [3.8, 4) is 11.5 Å². The minimum atomic E-state index is -0.481. The molecule has 0 N–H and O–H groups in total. The molecule has 0 radical (unpaired) electrons. The van der Waals surface area contributed by atoms with Crippen molar-refractivity contribution in [3.05, 3.63) is 66.0 Å². The monoisotopic (exact) mass is 242 g/mol. The largest absolute Gasteiger partial charge is 0.451 e. The van der Waals surface area contributed by atoms with Crippen molar-refractivity contribution in [2.45, 2.75) is 6.29 Å². The average molecular weight is 242 g/mol. The van der Waals surface area contributed by atoms with Crippen LogP contribution in [0.1, 0.15) is 5.56 Å². The first kappa shape index (κ1) is 10.8. The SMILES string of the molecule is Fc1ccc(OC2C=Cc3ccccc3O2)cc1. The number of fused-ring (bicyclic) bond motifs is 1. The lowest BCUT2D eigenvalue weighted by atomic mass is 10.1. The van der Waals surface area contributed by atoms with E-state index in [0.29, 0.717) is 5.75 Å². The summed E-state index contributed by atoms with van der Waals surface area (Å²) in [5.74, 6) is 1.07. The van der Waals surface area contributed by atoms with Crippen molar-refractivity contribution < 1.29 is 13.9 Å². The van der Waals surface area contributed by atoms with Crippen LogP contribution in [-0.4, -0.2) is 6.29 Å². The summed E-state index contributed by atoms with van der Waals surface area (Å²) in [4.78, 5) is 0. The van der Waals surface area contributed by atoms with E-state index in [1.165, 1.54) is 12.1 Å². The molecule has 0 aromatic heterocycles. The highest BCUT2D eigenvalue weighted by molar-refractivity contribution is 5.59. The third-order valence-corrected chi connectivity index (χ3v) is 2.66.